The zero-order chi connectivity index (χ0) is 16.1. The number of ether oxygens (including phenoxy) is 1. The summed E-state index contributed by atoms with van der Waals surface area (Å²) in [5.74, 6) is 0.303. The molecule has 1 heterocycles. The molecule has 0 radical (unpaired) electrons. The summed E-state index contributed by atoms with van der Waals surface area (Å²) in [6, 6.07) is 8.17. The van der Waals surface area contributed by atoms with Crippen LogP contribution < -0.4 is 5.32 Å². The highest BCUT2D eigenvalue weighted by atomic mass is 16.5. The lowest BCUT2D eigenvalue weighted by molar-refractivity contribution is -0.125. The van der Waals surface area contributed by atoms with Crippen molar-refractivity contribution in [3.63, 3.8) is 0 Å². The average molecular weight is 317 g/mol. The number of benzene rings is 1. The molecular weight excluding hydrogens is 290 g/mol. The Morgan fingerprint density at radius 2 is 2.04 bits per heavy atom. The molecule has 3 rings (SSSR count). The standard InChI is InChI=1S/C19H27NO3/c21-17(15-7-2-1-3-8-15)13-20-19(22)12-18-16-9-5-4-6-14(16)10-11-23-18/h4-6,9,15,17-18,21H,1-3,7-8,10-13H2,(H,20,22)/t17-,18-/m0/s1. The first-order valence-corrected chi connectivity index (χ1v) is 8.88. The number of carbonyl (C=O) groups is 1. The molecule has 0 aromatic heterocycles. The Morgan fingerprint density at radius 3 is 2.87 bits per heavy atom. The quantitative estimate of drug-likeness (QED) is 0.878. The summed E-state index contributed by atoms with van der Waals surface area (Å²) in [5.41, 5.74) is 2.40. The van der Waals surface area contributed by atoms with E-state index >= 15 is 0 Å². The van der Waals surface area contributed by atoms with Gasteiger partial charge in [-0.1, -0.05) is 43.5 Å². The highest BCUT2D eigenvalue weighted by molar-refractivity contribution is 5.76. The molecule has 2 aliphatic rings. The van der Waals surface area contributed by atoms with E-state index in [1.54, 1.807) is 0 Å². The van der Waals surface area contributed by atoms with Crippen LogP contribution in [-0.4, -0.2) is 30.3 Å². The summed E-state index contributed by atoms with van der Waals surface area (Å²) >= 11 is 0. The second kappa shape index (κ2) is 7.93. The third kappa shape index (κ3) is 4.33. The molecular formula is C19H27NO3. The van der Waals surface area contributed by atoms with Crippen molar-refractivity contribution < 1.29 is 14.6 Å². The van der Waals surface area contributed by atoms with Crippen LogP contribution in [0.1, 0.15) is 55.8 Å². The molecule has 1 amide bonds. The SMILES string of the molecule is O=C(C[C@@H]1OCCc2ccccc21)NC[C@H](O)C1CCCCC1. The van der Waals surface area contributed by atoms with Crippen molar-refractivity contribution in [2.45, 2.75) is 57.2 Å². The van der Waals surface area contributed by atoms with Crippen LogP contribution in [-0.2, 0) is 16.0 Å². The molecule has 23 heavy (non-hydrogen) atoms. The Balaban J connectivity index is 1.48. The van der Waals surface area contributed by atoms with Gasteiger partial charge in [0.25, 0.3) is 0 Å². The van der Waals surface area contributed by atoms with Gasteiger partial charge < -0.3 is 15.2 Å². The largest absolute Gasteiger partial charge is 0.391 e. The number of nitrogens with one attached hydrogen (secondary N) is 1. The first-order valence-electron chi connectivity index (χ1n) is 8.88. The lowest BCUT2D eigenvalue weighted by Gasteiger charge is -2.28. The predicted molar refractivity (Wildman–Crippen MR) is 89.0 cm³/mol. The fourth-order valence-electron chi connectivity index (χ4n) is 3.79. The molecule has 0 bridgehead atoms. The van der Waals surface area contributed by atoms with Gasteiger partial charge in [-0.25, -0.2) is 0 Å². The summed E-state index contributed by atoms with van der Waals surface area (Å²) in [6.45, 7) is 1.03. The molecule has 0 unspecified atom stereocenters. The zero-order valence-corrected chi connectivity index (χ0v) is 13.7. The summed E-state index contributed by atoms with van der Waals surface area (Å²) in [6.07, 6.45) is 6.49. The van der Waals surface area contributed by atoms with Crippen molar-refractivity contribution in [3.05, 3.63) is 35.4 Å². The van der Waals surface area contributed by atoms with Gasteiger partial charge in [0.2, 0.25) is 5.91 Å². The van der Waals surface area contributed by atoms with E-state index < -0.39 is 6.10 Å². The van der Waals surface area contributed by atoms with Crippen molar-refractivity contribution in [3.8, 4) is 0 Å². The van der Waals surface area contributed by atoms with Crippen LogP contribution in [0.5, 0.6) is 0 Å². The molecule has 2 N–H and O–H groups in total. The van der Waals surface area contributed by atoms with Gasteiger partial charge in [0.15, 0.2) is 0 Å². The number of aliphatic hydroxyl groups is 1. The fraction of sp³-hybridized carbons (Fsp3) is 0.632. The average Bonchev–Trinajstić information content (AvgIpc) is 2.61. The molecule has 2 atom stereocenters. The molecule has 4 nitrogen and oxygen atoms in total. The van der Waals surface area contributed by atoms with E-state index in [0.29, 0.717) is 25.5 Å². The maximum atomic E-state index is 12.2. The lowest BCUT2D eigenvalue weighted by atomic mass is 9.85. The number of hydrogen-bond donors (Lipinski definition) is 2. The van der Waals surface area contributed by atoms with Gasteiger partial charge in [0.1, 0.15) is 0 Å². The highest BCUT2D eigenvalue weighted by Crippen LogP contribution is 2.29. The maximum absolute atomic E-state index is 12.2. The molecule has 1 aromatic rings. The molecule has 1 aliphatic heterocycles. The van der Waals surface area contributed by atoms with Crippen LogP contribution in [0.15, 0.2) is 24.3 Å². The van der Waals surface area contributed by atoms with Crippen LogP contribution in [0, 0.1) is 5.92 Å². The Morgan fingerprint density at radius 1 is 1.26 bits per heavy atom. The third-order valence-electron chi connectivity index (χ3n) is 5.17. The van der Waals surface area contributed by atoms with E-state index in [0.717, 1.165) is 24.8 Å². The summed E-state index contributed by atoms with van der Waals surface area (Å²) < 4.78 is 5.77. The molecule has 1 saturated carbocycles. The molecule has 1 fully saturated rings. The van der Waals surface area contributed by atoms with Gasteiger partial charge in [-0.3, -0.25) is 4.79 Å². The minimum absolute atomic E-state index is 0.0402. The molecule has 1 aromatic carbocycles. The second-order valence-corrected chi connectivity index (χ2v) is 6.78. The number of hydrogen-bond acceptors (Lipinski definition) is 3. The number of rotatable bonds is 5. The van der Waals surface area contributed by atoms with Crippen molar-refractivity contribution in [2.24, 2.45) is 5.92 Å². The van der Waals surface area contributed by atoms with E-state index in [4.69, 9.17) is 4.74 Å². The Labute approximate surface area is 138 Å². The highest BCUT2D eigenvalue weighted by Gasteiger charge is 2.25. The summed E-state index contributed by atoms with van der Waals surface area (Å²) in [7, 11) is 0. The van der Waals surface area contributed by atoms with Crippen LogP contribution in [0.4, 0.5) is 0 Å². The number of carbonyl (C=O) groups excluding carboxylic acids is 1. The van der Waals surface area contributed by atoms with Gasteiger partial charge in [0.05, 0.1) is 25.2 Å². The van der Waals surface area contributed by atoms with Crippen LogP contribution >= 0.6 is 0 Å². The van der Waals surface area contributed by atoms with Crippen molar-refractivity contribution >= 4 is 5.91 Å². The third-order valence-corrected chi connectivity index (χ3v) is 5.17. The molecule has 4 heteroatoms. The summed E-state index contributed by atoms with van der Waals surface area (Å²) in [4.78, 5) is 12.2. The molecule has 126 valence electrons. The Kier molecular flexibility index (Phi) is 5.68. The Bertz CT molecular complexity index is 525. The van der Waals surface area contributed by atoms with Gasteiger partial charge in [-0.15, -0.1) is 0 Å². The van der Waals surface area contributed by atoms with E-state index in [1.807, 2.05) is 18.2 Å². The number of fused-ring (bicyclic) bond motifs is 1. The number of amides is 1. The predicted octanol–water partition coefficient (Wildman–Crippen LogP) is 2.75. The van der Waals surface area contributed by atoms with Crippen molar-refractivity contribution in [1.82, 2.24) is 5.32 Å². The van der Waals surface area contributed by atoms with Gasteiger partial charge >= 0.3 is 0 Å². The fourth-order valence-corrected chi connectivity index (χ4v) is 3.79. The topological polar surface area (TPSA) is 58.6 Å². The maximum Gasteiger partial charge on any atom is 0.223 e. The van der Waals surface area contributed by atoms with Crippen LogP contribution in [0.3, 0.4) is 0 Å². The van der Waals surface area contributed by atoms with Crippen molar-refractivity contribution in [2.75, 3.05) is 13.2 Å². The summed E-state index contributed by atoms with van der Waals surface area (Å²) in [5, 5.41) is 13.1. The van der Waals surface area contributed by atoms with Gasteiger partial charge in [-0.05, 0) is 36.3 Å². The van der Waals surface area contributed by atoms with E-state index in [1.165, 1.54) is 24.8 Å². The molecule has 0 spiro atoms. The van der Waals surface area contributed by atoms with Crippen LogP contribution in [0.2, 0.25) is 0 Å². The molecule has 0 saturated heterocycles. The normalized spacial score (nSPS) is 23.1. The van der Waals surface area contributed by atoms with Crippen molar-refractivity contribution in [1.29, 1.82) is 0 Å². The first kappa shape index (κ1) is 16.5. The zero-order valence-electron chi connectivity index (χ0n) is 13.7. The lowest BCUT2D eigenvalue weighted by Crippen LogP contribution is -2.37. The number of aliphatic hydroxyl groups excluding tert-OH is 1. The van der Waals surface area contributed by atoms with Crippen LogP contribution in [0.25, 0.3) is 0 Å². The van der Waals surface area contributed by atoms with E-state index in [-0.39, 0.29) is 12.0 Å². The first-order chi connectivity index (χ1) is 11.2. The Hall–Kier alpha value is -1.39. The minimum Gasteiger partial charge on any atom is -0.391 e. The minimum atomic E-state index is -0.418. The second-order valence-electron chi connectivity index (χ2n) is 6.78. The van der Waals surface area contributed by atoms with Gasteiger partial charge in [0, 0.05) is 6.54 Å². The van der Waals surface area contributed by atoms with E-state index in [9.17, 15) is 9.90 Å². The smallest absolute Gasteiger partial charge is 0.223 e. The van der Waals surface area contributed by atoms with E-state index in [2.05, 4.69) is 11.4 Å². The molecule has 1 aliphatic carbocycles. The monoisotopic (exact) mass is 317 g/mol. The van der Waals surface area contributed by atoms with Gasteiger partial charge in [-0.2, -0.15) is 0 Å².